The fourth-order valence-electron chi connectivity index (χ4n) is 1.14. The van der Waals surface area contributed by atoms with Gasteiger partial charge in [0.1, 0.15) is 17.4 Å². The van der Waals surface area contributed by atoms with E-state index in [0.29, 0.717) is 11.3 Å². The summed E-state index contributed by atoms with van der Waals surface area (Å²) in [6, 6.07) is 7.79. The summed E-state index contributed by atoms with van der Waals surface area (Å²) in [6.45, 7) is 1.69. The number of hydrogen-bond donors (Lipinski definition) is 1. The van der Waals surface area contributed by atoms with Crippen LogP contribution in [0.25, 0.3) is 6.08 Å². The van der Waals surface area contributed by atoms with Crippen molar-refractivity contribution in [2.24, 2.45) is 0 Å². The Hall–Kier alpha value is -2.61. The second kappa shape index (κ2) is 6.21. The van der Waals surface area contributed by atoms with Gasteiger partial charge in [-0.25, -0.2) is 4.79 Å². The molecule has 18 heavy (non-hydrogen) atoms. The number of nitriles is 1. The topological polar surface area (TPSA) is 87.4 Å². The highest BCUT2D eigenvalue weighted by Crippen LogP contribution is 2.15. The zero-order valence-electron chi connectivity index (χ0n) is 9.71. The highest BCUT2D eigenvalue weighted by Gasteiger charge is 2.06. The molecule has 5 heteroatoms. The Morgan fingerprint density at radius 2 is 2.00 bits per heavy atom. The van der Waals surface area contributed by atoms with Gasteiger partial charge in [0.15, 0.2) is 0 Å². The summed E-state index contributed by atoms with van der Waals surface area (Å²) in [5.74, 6) is -1.24. The molecule has 1 aromatic carbocycles. The van der Waals surface area contributed by atoms with Gasteiger partial charge in [0, 0.05) is 6.42 Å². The largest absolute Gasteiger partial charge is 0.477 e. The normalized spacial score (nSPS) is 10.6. The number of ether oxygens (including phenoxy) is 1. The summed E-state index contributed by atoms with van der Waals surface area (Å²) in [7, 11) is 0. The maximum absolute atomic E-state index is 11.0. The van der Waals surface area contributed by atoms with Gasteiger partial charge in [0.2, 0.25) is 0 Å². The average Bonchev–Trinajstić information content (AvgIpc) is 2.37. The van der Waals surface area contributed by atoms with Gasteiger partial charge in [-0.15, -0.1) is 0 Å². The fraction of sp³-hybridized carbons (Fsp3) is 0.154. The molecule has 0 aliphatic heterocycles. The second-order valence-electron chi connectivity index (χ2n) is 3.37. The smallest absolute Gasteiger partial charge is 0.346 e. The number of carbonyl (C=O) groups is 2. The van der Waals surface area contributed by atoms with Crippen LogP contribution in [0.1, 0.15) is 18.9 Å². The van der Waals surface area contributed by atoms with Crippen molar-refractivity contribution in [3.63, 3.8) is 0 Å². The van der Waals surface area contributed by atoms with E-state index in [1.54, 1.807) is 25.1 Å². The zero-order valence-corrected chi connectivity index (χ0v) is 9.71. The Balaban J connectivity index is 2.87. The summed E-state index contributed by atoms with van der Waals surface area (Å²) < 4.78 is 4.96. The van der Waals surface area contributed by atoms with Gasteiger partial charge >= 0.3 is 11.9 Å². The summed E-state index contributed by atoms with van der Waals surface area (Å²) in [5.41, 5.74) is 0.193. The van der Waals surface area contributed by atoms with Crippen LogP contribution >= 0.6 is 0 Å². The number of benzene rings is 1. The van der Waals surface area contributed by atoms with E-state index in [0.717, 1.165) is 0 Å². The number of aliphatic carboxylic acids is 1. The van der Waals surface area contributed by atoms with Crippen molar-refractivity contribution in [3.05, 3.63) is 35.4 Å². The molecule has 1 rings (SSSR count). The van der Waals surface area contributed by atoms with Crippen LogP contribution in [0.4, 0.5) is 0 Å². The average molecular weight is 245 g/mol. The van der Waals surface area contributed by atoms with Gasteiger partial charge in [0.05, 0.1) is 0 Å². The molecule has 0 radical (unpaired) electrons. The number of hydrogen-bond acceptors (Lipinski definition) is 4. The Morgan fingerprint density at radius 3 is 2.44 bits per heavy atom. The Labute approximate surface area is 104 Å². The first-order valence-electron chi connectivity index (χ1n) is 5.22. The van der Waals surface area contributed by atoms with Crippen molar-refractivity contribution in [3.8, 4) is 11.8 Å². The third-order valence-electron chi connectivity index (χ3n) is 2.06. The first kappa shape index (κ1) is 13.5. The molecule has 0 amide bonds. The maximum atomic E-state index is 11.0. The molecule has 1 aromatic rings. The molecular formula is C13H11NO4. The van der Waals surface area contributed by atoms with E-state index in [2.05, 4.69) is 0 Å². The summed E-state index contributed by atoms with van der Waals surface area (Å²) in [4.78, 5) is 21.7. The second-order valence-corrected chi connectivity index (χ2v) is 3.37. The van der Waals surface area contributed by atoms with Crippen LogP contribution < -0.4 is 4.74 Å². The Kier molecular flexibility index (Phi) is 4.64. The zero-order chi connectivity index (χ0) is 13.5. The minimum atomic E-state index is -1.28. The van der Waals surface area contributed by atoms with Crippen molar-refractivity contribution < 1.29 is 19.4 Å². The Bertz CT molecular complexity index is 523. The van der Waals surface area contributed by atoms with Crippen molar-refractivity contribution in [2.45, 2.75) is 13.3 Å². The van der Waals surface area contributed by atoms with Crippen molar-refractivity contribution in [2.75, 3.05) is 0 Å². The molecule has 92 valence electrons. The molecule has 5 nitrogen and oxygen atoms in total. The molecule has 0 bridgehead atoms. The molecule has 0 unspecified atom stereocenters. The van der Waals surface area contributed by atoms with E-state index < -0.39 is 5.97 Å². The highest BCUT2D eigenvalue weighted by molar-refractivity contribution is 5.96. The lowest BCUT2D eigenvalue weighted by Gasteiger charge is -2.02. The number of esters is 1. The van der Waals surface area contributed by atoms with Gasteiger partial charge < -0.3 is 9.84 Å². The van der Waals surface area contributed by atoms with Crippen LogP contribution in [-0.4, -0.2) is 17.0 Å². The maximum Gasteiger partial charge on any atom is 0.346 e. The number of carboxylic acid groups (broad SMARTS) is 1. The lowest BCUT2D eigenvalue weighted by Crippen LogP contribution is -2.05. The van der Waals surface area contributed by atoms with Crippen molar-refractivity contribution in [1.29, 1.82) is 5.26 Å². The SMILES string of the molecule is CCC(=O)Oc1ccc(/C=C(\C#N)C(=O)O)cc1. The van der Waals surface area contributed by atoms with Crippen LogP contribution in [0.5, 0.6) is 5.75 Å². The molecule has 1 N–H and O–H groups in total. The Morgan fingerprint density at radius 1 is 1.39 bits per heavy atom. The lowest BCUT2D eigenvalue weighted by molar-refractivity contribution is -0.134. The predicted octanol–water partition coefficient (Wildman–Crippen LogP) is 1.99. The third kappa shape index (κ3) is 3.76. The van der Waals surface area contributed by atoms with E-state index in [-0.39, 0.29) is 18.0 Å². The minimum absolute atomic E-state index is 0.277. The van der Waals surface area contributed by atoms with E-state index in [1.807, 2.05) is 0 Å². The van der Waals surface area contributed by atoms with Crippen LogP contribution in [0, 0.1) is 11.3 Å². The standard InChI is InChI=1S/C13H11NO4/c1-2-12(15)18-11-5-3-9(4-6-11)7-10(8-14)13(16)17/h3-7H,2H2,1H3,(H,16,17)/b10-7+. The lowest BCUT2D eigenvalue weighted by atomic mass is 10.1. The molecule has 0 fully saturated rings. The van der Waals surface area contributed by atoms with Crippen molar-refractivity contribution >= 4 is 18.0 Å². The van der Waals surface area contributed by atoms with Crippen LogP contribution in [-0.2, 0) is 9.59 Å². The fourth-order valence-corrected chi connectivity index (χ4v) is 1.14. The number of rotatable bonds is 4. The highest BCUT2D eigenvalue weighted by atomic mass is 16.5. The van der Waals surface area contributed by atoms with Gasteiger partial charge in [-0.05, 0) is 23.8 Å². The number of nitrogens with zero attached hydrogens (tertiary/aromatic N) is 1. The number of carbonyl (C=O) groups excluding carboxylic acids is 1. The molecule has 0 heterocycles. The van der Waals surface area contributed by atoms with E-state index in [9.17, 15) is 9.59 Å². The summed E-state index contributed by atoms with van der Waals surface area (Å²) >= 11 is 0. The molecule has 0 saturated heterocycles. The summed E-state index contributed by atoms with van der Waals surface area (Å²) in [6.07, 6.45) is 1.52. The molecular weight excluding hydrogens is 234 g/mol. The van der Waals surface area contributed by atoms with Crippen LogP contribution in [0.15, 0.2) is 29.8 Å². The molecule has 0 aliphatic rings. The summed E-state index contributed by atoms with van der Waals surface area (Å²) in [5, 5.41) is 17.3. The molecule has 0 saturated carbocycles. The molecule has 0 aliphatic carbocycles. The van der Waals surface area contributed by atoms with Crippen molar-refractivity contribution in [1.82, 2.24) is 0 Å². The monoisotopic (exact) mass is 245 g/mol. The van der Waals surface area contributed by atoms with E-state index >= 15 is 0 Å². The van der Waals surface area contributed by atoms with Crippen LogP contribution in [0.3, 0.4) is 0 Å². The van der Waals surface area contributed by atoms with Gasteiger partial charge in [-0.2, -0.15) is 5.26 Å². The quantitative estimate of drug-likeness (QED) is 0.379. The van der Waals surface area contributed by atoms with Gasteiger partial charge in [0.25, 0.3) is 0 Å². The molecule has 0 spiro atoms. The predicted molar refractivity (Wildman–Crippen MR) is 63.6 cm³/mol. The van der Waals surface area contributed by atoms with Crippen LogP contribution in [0.2, 0.25) is 0 Å². The first-order chi connectivity index (χ1) is 8.56. The van der Waals surface area contributed by atoms with Gasteiger partial charge in [-0.1, -0.05) is 19.1 Å². The minimum Gasteiger partial charge on any atom is -0.477 e. The van der Waals surface area contributed by atoms with E-state index in [1.165, 1.54) is 18.2 Å². The molecule has 0 atom stereocenters. The van der Waals surface area contributed by atoms with Gasteiger partial charge in [-0.3, -0.25) is 4.79 Å². The first-order valence-corrected chi connectivity index (χ1v) is 5.22. The molecule has 0 aromatic heterocycles. The van der Waals surface area contributed by atoms with E-state index in [4.69, 9.17) is 15.1 Å². The number of carboxylic acids is 1. The third-order valence-corrected chi connectivity index (χ3v) is 2.06.